The van der Waals surface area contributed by atoms with E-state index in [1.54, 1.807) is 6.21 Å². The Morgan fingerprint density at radius 1 is 1.43 bits per heavy atom. The van der Waals surface area contributed by atoms with Gasteiger partial charge in [-0.1, -0.05) is 37.5 Å². The fourth-order valence-electron chi connectivity index (χ4n) is 2.88. The molecule has 5 heteroatoms. The number of nitrogens with two attached hydrogens (primary N) is 1. The zero-order valence-corrected chi connectivity index (χ0v) is 13.4. The predicted octanol–water partition coefficient (Wildman–Crippen LogP) is 2.62. The smallest absolute Gasteiger partial charge is 0.184 e. The Bertz CT molecular complexity index is 495. The Labute approximate surface area is 132 Å². The Hall–Kier alpha value is -1.46. The maximum Gasteiger partial charge on any atom is 0.184 e. The van der Waals surface area contributed by atoms with Gasteiger partial charge >= 0.3 is 0 Å². The molecule has 1 aromatic carbocycles. The van der Waals surface area contributed by atoms with Gasteiger partial charge in [0.25, 0.3) is 0 Å². The molecule has 0 heterocycles. The van der Waals surface area contributed by atoms with Gasteiger partial charge in [-0.2, -0.15) is 5.10 Å². The third-order valence-electron chi connectivity index (χ3n) is 3.97. The van der Waals surface area contributed by atoms with Crippen molar-refractivity contribution in [1.82, 2.24) is 10.3 Å². The molecule has 1 aliphatic rings. The third kappa shape index (κ3) is 5.44. The molecule has 0 bridgehead atoms. The summed E-state index contributed by atoms with van der Waals surface area (Å²) in [7, 11) is 2.23. The van der Waals surface area contributed by atoms with Crippen LogP contribution in [0.1, 0.15) is 43.2 Å². The number of benzene rings is 1. The van der Waals surface area contributed by atoms with E-state index in [-0.39, 0.29) is 5.11 Å². The Morgan fingerprint density at radius 3 is 2.90 bits per heavy atom. The summed E-state index contributed by atoms with van der Waals surface area (Å²) in [5.74, 6) is 0. The molecule has 21 heavy (non-hydrogen) atoms. The van der Waals surface area contributed by atoms with Crippen LogP contribution in [0.3, 0.4) is 0 Å². The van der Waals surface area contributed by atoms with Gasteiger partial charge < -0.3 is 5.73 Å². The SMILES string of the molecule is CN(Cc1cccc(C=NNC(N)=S)c1)C1CCCCC1. The van der Waals surface area contributed by atoms with Gasteiger partial charge in [0.1, 0.15) is 0 Å². The molecule has 1 aliphatic carbocycles. The van der Waals surface area contributed by atoms with Crippen LogP contribution in [0, 0.1) is 0 Å². The minimum atomic E-state index is 0.180. The highest BCUT2D eigenvalue weighted by Crippen LogP contribution is 2.22. The number of rotatable bonds is 5. The highest BCUT2D eigenvalue weighted by molar-refractivity contribution is 7.80. The molecule has 114 valence electrons. The summed E-state index contributed by atoms with van der Waals surface area (Å²) in [4.78, 5) is 2.47. The Kier molecular flexibility index (Phi) is 6.14. The molecule has 0 unspecified atom stereocenters. The Morgan fingerprint density at radius 2 is 2.19 bits per heavy atom. The molecule has 0 amide bonds. The van der Waals surface area contributed by atoms with Gasteiger partial charge in [0.2, 0.25) is 0 Å². The maximum atomic E-state index is 5.33. The first-order valence-corrected chi connectivity index (χ1v) is 7.93. The average Bonchev–Trinajstić information content (AvgIpc) is 2.48. The van der Waals surface area contributed by atoms with Gasteiger partial charge in [-0.15, -0.1) is 0 Å². The van der Waals surface area contributed by atoms with Crippen LogP contribution in [0.15, 0.2) is 29.4 Å². The molecule has 1 fully saturated rings. The first-order chi connectivity index (χ1) is 10.1. The molecule has 3 N–H and O–H groups in total. The highest BCUT2D eigenvalue weighted by Gasteiger charge is 2.17. The topological polar surface area (TPSA) is 53.6 Å². The molecule has 4 nitrogen and oxygen atoms in total. The van der Waals surface area contributed by atoms with Crippen LogP contribution in [0.2, 0.25) is 0 Å². The van der Waals surface area contributed by atoms with Crippen LogP contribution < -0.4 is 11.2 Å². The molecule has 2 rings (SSSR count). The van der Waals surface area contributed by atoms with Gasteiger partial charge in [-0.05, 0) is 49.3 Å². The monoisotopic (exact) mass is 304 g/mol. The molecule has 0 aromatic heterocycles. The second kappa shape index (κ2) is 8.10. The van der Waals surface area contributed by atoms with Crippen molar-refractivity contribution >= 4 is 23.5 Å². The minimum Gasteiger partial charge on any atom is -0.375 e. The van der Waals surface area contributed by atoms with E-state index in [4.69, 9.17) is 18.0 Å². The van der Waals surface area contributed by atoms with Crippen molar-refractivity contribution < 1.29 is 0 Å². The summed E-state index contributed by atoms with van der Waals surface area (Å²) in [6.45, 7) is 0.981. The standard InChI is InChI=1S/C16H24N4S/c1-20(15-8-3-2-4-9-15)12-14-7-5-6-13(10-14)11-18-19-16(17)21/h5-7,10-11,15H,2-4,8-9,12H2,1H3,(H3,17,19,21). The summed E-state index contributed by atoms with van der Waals surface area (Å²) >= 11 is 4.71. The number of hydrazone groups is 1. The fraction of sp³-hybridized carbons (Fsp3) is 0.500. The molecule has 0 saturated heterocycles. The molecular weight excluding hydrogens is 280 g/mol. The molecule has 0 aliphatic heterocycles. The molecule has 0 radical (unpaired) electrons. The summed E-state index contributed by atoms with van der Waals surface area (Å²) < 4.78 is 0. The van der Waals surface area contributed by atoms with Gasteiger partial charge in [0.05, 0.1) is 6.21 Å². The maximum absolute atomic E-state index is 5.33. The van der Waals surface area contributed by atoms with Crippen molar-refractivity contribution in [2.75, 3.05) is 7.05 Å². The van der Waals surface area contributed by atoms with E-state index >= 15 is 0 Å². The van der Waals surface area contributed by atoms with Gasteiger partial charge in [0, 0.05) is 12.6 Å². The lowest BCUT2D eigenvalue weighted by atomic mass is 9.94. The van der Waals surface area contributed by atoms with Crippen molar-refractivity contribution in [3.05, 3.63) is 35.4 Å². The van der Waals surface area contributed by atoms with E-state index < -0.39 is 0 Å². The van der Waals surface area contributed by atoms with Crippen LogP contribution in [0.25, 0.3) is 0 Å². The minimum absolute atomic E-state index is 0.180. The number of thiocarbonyl (C=S) groups is 1. The van der Waals surface area contributed by atoms with Crippen LogP contribution in [-0.2, 0) is 6.54 Å². The van der Waals surface area contributed by atoms with E-state index in [2.05, 4.69) is 40.7 Å². The van der Waals surface area contributed by atoms with Gasteiger partial charge in [-0.3, -0.25) is 10.3 Å². The normalized spacial score (nSPS) is 16.5. The van der Waals surface area contributed by atoms with Crippen molar-refractivity contribution in [2.45, 2.75) is 44.7 Å². The molecule has 1 aromatic rings. The van der Waals surface area contributed by atoms with Crippen LogP contribution >= 0.6 is 12.2 Å². The van der Waals surface area contributed by atoms with Crippen LogP contribution in [-0.4, -0.2) is 29.3 Å². The highest BCUT2D eigenvalue weighted by atomic mass is 32.1. The second-order valence-corrected chi connectivity index (χ2v) is 6.13. The van der Waals surface area contributed by atoms with Crippen LogP contribution in [0.4, 0.5) is 0 Å². The zero-order chi connectivity index (χ0) is 15.1. The first kappa shape index (κ1) is 15.9. The summed E-state index contributed by atoms with van der Waals surface area (Å²) in [5, 5.41) is 4.18. The van der Waals surface area contributed by atoms with E-state index in [1.165, 1.54) is 37.7 Å². The lowest BCUT2D eigenvalue weighted by molar-refractivity contribution is 0.184. The predicted molar refractivity (Wildman–Crippen MR) is 92.3 cm³/mol. The fourth-order valence-corrected chi connectivity index (χ4v) is 2.93. The van der Waals surface area contributed by atoms with E-state index in [0.717, 1.165) is 18.2 Å². The number of hydrogen-bond acceptors (Lipinski definition) is 3. The van der Waals surface area contributed by atoms with Crippen molar-refractivity contribution in [1.29, 1.82) is 0 Å². The largest absolute Gasteiger partial charge is 0.375 e. The van der Waals surface area contributed by atoms with Crippen molar-refractivity contribution in [2.24, 2.45) is 10.8 Å². The van der Waals surface area contributed by atoms with E-state index in [1.807, 2.05) is 6.07 Å². The number of nitrogens with one attached hydrogen (secondary N) is 1. The quantitative estimate of drug-likeness (QED) is 0.499. The molecule has 0 spiro atoms. The zero-order valence-electron chi connectivity index (χ0n) is 12.6. The first-order valence-electron chi connectivity index (χ1n) is 7.53. The summed E-state index contributed by atoms with van der Waals surface area (Å²) in [5.41, 5.74) is 10.3. The van der Waals surface area contributed by atoms with Crippen LogP contribution in [0.5, 0.6) is 0 Å². The summed E-state index contributed by atoms with van der Waals surface area (Å²) in [6, 6.07) is 9.13. The lowest BCUT2D eigenvalue weighted by Gasteiger charge is -2.31. The second-order valence-electron chi connectivity index (χ2n) is 5.69. The van der Waals surface area contributed by atoms with Crippen molar-refractivity contribution in [3.8, 4) is 0 Å². The molecule has 0 atom stereocenters. The van der Waals surface area contributed by atoms with E-state index in [9.17, 15) is 0 Å². The lowest BCUT2D eigenvalue weighted by Crippen LogP contribution is -2.32. The van der Waals surface area contributed by atoms with E-state index in [0.29, 0.717) is 0 Å². The number of nitrogens with zero attached hydrogens (tertiary/aromatic N) is 2. The van der Waals surface area contributed by atoms with Crippen molar-refractivity contribution in [3.63, 3.8) is 0 Å². The Balaban J connectivity index is 1.93. The van der Waals surface area contributed by atoms with Gasteiger partial charge in [0.15, 0.2) is 5.11 Å². The number of hydrogen-bond donors (Lipinski definition) is 2. The summed E-state index contributed by atoms with van der Waals surface area (Å²) in [6.07, 6.45) is 8.53. The van der Waals surface area contributed by atoms with Gasteiger partial charge in [-0.25, -0.2) is 0 Å². The average molecular weight is 304 g/mol. The third-order valence-corrected chi connectivity index (χ3v) is 4.06. The molecule has 1 saturated carbocycles. The molecular formula is C16H24N4S.